The molecule has 0 aliphatic heterocycles. The Labute approximate surface area is 176 Å². The lowest BCUT2D eigenvalue weighted by Gasteiger charge is -2.24. The van der Waals surface area contributed by atoms with Crippen molar-refractivity contribution in [2.24, 2.45) is 0 Å². The molecule has 0 saturated heterocycles. The molecular formula is C23H29N3O2S. The molecule has 5 nitrogen and oxygen atoms in total. The average Bonchev–Trinajstić information content (AvgIpc) is 3.14. The fourth-order valence-corrected chi connectivity index (χ4v) is 4.51. The quantitative estimate of drug-likeness (QED) is 0.513. The second kappa shape index (κ2) is 9.85. The minimum Gasteiger partial charge on any atom is -0.484 e. The number of carbonyl (C=O) groups is 1. The van der Waals surface area contributed by atoms with Gasteiger partial charge in [-0.2, -0.15) is 0 Å². The highest BCUT2D eigenvalue weighted by Crippen LogP contribution is 2.31. The smallest absolute Gasteiger partial charge is 0.266 e. The molecule has 29 heavy (non-hydrogen) atoms. The van der Waals surface area contributed by atoms with Gasteiger partial charge in [-0.15, -0.1) is 0 Å². The van der Waals surface area contributed by atoms with Gasteiger partial charge in [0.25, 0.3) is 5.91 Å². The molecule has 1 aromatic heterocycles. The molecule has 0 bridgehead atoms. The minimum absolute atomic E-state index is 0.00377. The summed E-state index contributed by atoms with van der Waals surface area (Å²) in [7, 11) is 0. The van der Waals surface area contributed by atoms with Gasteiger partial charge in [-0.05, 0) is 56.3 Å². The highest BCUT2D eigenvalue weighted by atomic mass is 32.1. The van der Waals surface area contributed by atoms with Crippen molar-refractivity contribution in [1.82, 2.24) is 9.88 Å². The van der Waals surface area contributed by atoms with Crippen LogP contribution in [0.25, 0.3) is 10.2 Å². The van der Waals surface area contributed by atoms with E-state index in [1.165, 1.54) is 5.56 Å². The van der Waals surface area contributed by atoms with Gasteiger partial charge < -0.3 is 9.64 Å². The molecule has 0 aliphatic rings. The number of hydrogen-bond acceptors (Lipinski definition) is 5. The standard InChI is InChI=1S/C23H29N3O2S/c1-5-25(6-2)12-13-26(21(27)16-28-19-10-8-7-9-11-19)23-24-22-18(4)14-17(3)15-20(22)29-23/h7-11,14-15H,5-6,12-13,16H2,1-4H3. The van der Waals surface area contributed by atoms with Crippen molar-refractivity contribution in [3.63, 3.8) is 0 Å². The van der Waals surface area contributed by atoms with E-state index in [1.54, 1.807) is 16.2 Å². The fraction of sp³-hybridized carbons (Fsp3) is 0.391. The van der Waals surface area contributed by atoms with Gasteiger partial charge >= 0.3 is 0 Å². The van der Waals surface area contributed by atoms with Gasteiger partial charge in [-0.25, -0.2) is 4.98 Å². The maximum Gasteiger partial charge on any atom is 0.266 e. The monoisotopic (exact) mass is 411 g/mol. The second-order valence-electron chi connectivity index (χ2n) is 7.10. The van der Waals surface area contributed by atoms with E-state index in [0.717, 1.165) is 40.5 Å². The summed E-state index contributed by atoms with van der Waals surface area (Å²) in [5.74, 6) is 0.620. The molecule has 0 unspecified atom stereocenters. The highest BCUT2D eigenvalue weighted by Gasteiger charge is 2.21. The van der Waals surface area contributed by atoms with Crippen LogP contribution < -0.4 is 9.64 Å². The molecule has 0 radical (unpaired) electrons. The average molecular weight is 412 g/mol. The van der Waals surface area contributed by atoms with Crippen LogP contribution in [0, 0.1) is 13.8 Å². The molecule has 3 rings (SSSR count). The van der Waals surface area contributed by atoms with Crippen molar-refractivity contribution in [2.45, 2.75) is 27.7 Å². The van der Waals surface area contributed by atoms with Gasteiger partial charge in [-0.1, -0.05) is 49.4 Å². The van der Waals surface area contributed by atoms with Crippen LogP contribution >= 0.6 is 11.3 Å². The molecule has 0 atom stereocenters. The number of rotatable bonds is 9. The van der Waals surface area contributed by atoms with Crippen LogP contribution in [0.15, 0.2) is 42.5 Å². The third-order valence-electron chi connectivity index (χ3n) is 4.99. The van der Waals surface area contributed by atoms with E-state index in [4.69, 9.17) is 9.72 Å². The van der Waals surface area contributed by atoms with Gasteiger partial charge in [0.15, 0.2) is 11.7 Å². The Morgan fingerprint density at radius 2 is 1.79 bits per heavy atom. The van der Waals surface area contributed by atoms with E-state index >= 15 is 0 Å². The Balaban J connectivity index is 1.83. The summed E-state index contributed by atoms with van der Waals surface area (Å²) in [5.41, 5.74) is 3.32. The number of thiazole rings is 1. The Morgan fingerprint density at radius 3 is 2.48 bits per heavy atom. The number of aryl methyl sites for hydroxylation is 2. The number of anilines is 1. The second-order valence-corrected chi connectivity index (χ2v) is 8.11. The first-order valence-corrected chi connectivity index (χ1v) is 10.9. The van der Waals surface area contributed by atoms with Crippen LogP contribution in [-0.2, 0) is 4.79 Å². The van der Waals surface area contributed by atoms with Gasteiger partial charge in [0.1, 0.15) is 5.75 Å². The lowest BCUT2D eigenvalue weighted by molar-refractivity contribution is -0.120. The predicted octanol–water partition coefficient (Wildman–Crippen LogP) is 4.67. The number of ether oxygens (including phenoxy) is 1. The Kier molecular flexibility index (Phi) is 7.23. The summed E-state index contributed by atoms with van der Waals surface area (Å²) >= 11 is 1.57. The molecule has 1 heterocycles. The molecule has 0 fully saturated rings. The SMILES string of the molecule is CCN(CC)CCN(C(=O)COc1ccccc1)c1nc2c(C)cc(C)cc2s1. The fourth-order valence-electron chi connectivity index (χ4n) is 3.32. The van der Waals surface area contributed by atoms with Crippen LogP contribution in [0.2, 0.25) is 0 Å². The predicted molar refractivity (Wildman–Crippen MR) is 121 cm³/mol. The van der Waals surface area contributed by atoms with E-state index < -0.39 is 0 Å². The van der Waals surface area contributed by atoms with Crippen LogP contribution in [0.5, 0.6) is 5.75 Å². The van der Waals surface area contributed by atoms with E-state index in [-0.39, 0.29) is 12.5 Å². The molecule has 0 saturated carbocycles. The Hall–Kier alpha value is -2.44. The van der Waals surface area contributed by atoms with Crippen molar-refractivity contribution in [3.05, 3.63) is 53.6 Å². The number of para-hydroxylation sites is 1. The van der Waals surface area contributed by atoms with Crippen LogP contribution in [0.1, 0.15) is 25.0 Å². The maximum absolute atomic E-state index is 13.1. The van der Waals surface area contributed by atoms with Gasteiger partial charge in [-0.3, -0.25) is 9.69 Å². The van der Waals surface area contributed by atoms with Gasteiger partial charge in [0.2, 0.25) is 0 Å². The number of likely N-dealkylation sites (N-methyl/N-ethyl adjacent to an activating group) is 1. The third-order valence-corrected chi connectivity index (χ3v) is 6.02. The summed E-state index contributed by atoms with van der Waals surface area (Å²) in [6.45, 7) is 11.7. The normalized spacial score (nSPS) is 11.2. The van der Waals surface area contributed by atoms with Crippen molar-refractivity contribution in [3.8, 4) is 5.75 Å². The lowest BCUT2D eigenvalue weighted by Crippen LogP contribution is -2.41. The van der Waals surface area contributed by atoms with Crippen LogP contribution in [-0.4, -0.2) is 48.6 Å². The number of aromatic nitrogens is 1. The zero-order valence-electron chi connectivity index (χ0n) is 17.6. The zero-order valence-corrected chi connectivity index (χ0v) is 18.5. The maximum atomic E-state index is 13.1. The molecular weight excluding hydrogens is 382 g/mol. The van der Waals surface area contributed by atoms with Crippen molar-refractivity contribution in [2.75, 3.05) is 37.7 Å². The molecule has 3 aromatic rings. The molecule has 2 aromatic carbocycles. The number of nitrogens with zero attached hydrogens (tertiary/aromatic N) is 3. The summed E-state index contributed by atoms with van der Waals surface area (Å²) in [6, 6.07) is 13.7. The number of hydrogen-bond donors (Lipinski definition) is 0. The first kappa shape index (κ1) is 21.3. The topological polar surface area (TPSA) is 45.7 Å². The Morgan fingerprint density at radius 1 is 1.07 bits per heavy atom. The molecule has 0 aliphatic carbocycles. The number of amides is 1. The molecule has 0 N–H and O–H groups in total. The minimum atomic E-state index is -0.0746. The molecule has 1 amide bonds. The molecule has 6 heteroatoms. The summed E-state index contributed by atoms with van der Waals surface area (Å²) in [5, 5.41) is 0.738. The number of fused-ring (bicyclic) bond motifs is 1. The third kappa shape index (κ3) is 5.34. The zero-order chi connectivity index (χ0) is 20.8. The number of benzene rings is 2. The van der Waals surface area contributed by atoms with E-state index in [2.05, 4.69) is 44.7 Å². The first-order valence-electron chi connectivity index (χ1n) is 10.1. The summed E-state index contributed by atoms with van der Waals surface area (Å²) in [4.78, 5) is 22.0. The lowest BCUT2D eigenvalue weighted by atomic mass is 10.1. The van der Waals surface area contributed by atoms with Crippen LogP contribution in [0.3, 0.4) is 0 Å². The Bertz CT molecular complexity index is 951. The molecule has 154 valence electrons. The molecule has 0 spiro atoms. The van der Waals surface area contributed by atoms with Crippen molar-refractivity contribution < 1.29 is 9.53 Å². The van der Waals surface area contributed by atoms with Gasteiger partial charge in [0, 0.05) is 13.1 Å². The van der Waals surface area contributed by atoms with Gasteiger partial charge in [0.05, 0.1) is 10.2 Å². The summed E-state index contributed by atoms with van der Waals surface area (Å²) in [6.07, 6.45) is 0. The van der Waals surface area contributed by atoms with Crippen molar-refractivity contribution >= 4 is 32.6 Å². The summed E-state index contributed by atoms with van der Waals surface area (Å²) < 4.78 is 6.83. The van der Waals surface area contributed by atoms with E-state index in [0.29, 0.717) is 12.3 Å². The first-order chi connectivity index (χ1) is 14.0. The van der Waals surface area contributed by atoms with Crippen molar-refractivity contribution in [1.29, 1.82) is 0 Å². The number of carbonyl (C=O) groups excluding carboxylic acids is 1. The largest absolute Gasteiger partial charge is 0.484 e. The van der Waals surface area contributed by atoms with E-state index in [9.17, 15) is 4.79 Å². The van der Waals surface area contributed by atoms with E-state index in [1.807, 2.05) is 30.3 Å². The van der Waals surface area contributed by atoms with Crippen LogP contribution in [0.4, 0.5) is 5.13 Å². The highest BCUT2D eigenvalue weighted by molar-refractivity contribution is 7.22.